The van der Waals surface area contributed by atoms with Crippen molar-refractivity contribution in [2.24, 2.45) is 11.8 Å². The first-order valence-corrected chi connectivity index (χ1v) is 6.78. The number of anilines is 1. The molecule has 1 saturated heterocycles. The maximum absolute atomic E-state index is 11.3. The zero-order chi connectivity index (χ0) is 14.9. The summed E-state index contributed by atoms with van der Waals surface area (Å²) in [5.74, 6) is -0.265. The van der Waals surface area contributed by atoms with Crippen molar-refractivity contribution in [3.05, 3.63) is 22.9 Å². The van der Waals surface area contributed by atoms with Crippen LogP contribution in [0.15, 0.2) is 6.07 Å². The Bertz CT molecular complexity index is 577. The SMILES string of the molecule is Cc1cc(C)c(C#N)c(N2CC(C)CC(C(=O)O)C2)n1. The molecule has 5 heteroatoms. The van der Waals surface area contributed by atoms with E-state index >= 15 is 0 Å². The number of carboxylic acid groups (broad SMARTS) is 1. The molecule has 1 aromatic heterocycles. The lowest BCUT2D eigenvalue weighted by molar-refractivity contribution is -0.142. The van der Waals surface area contributed by atoms with Crippen LogP contribution in [-0.4, -0.2) is 29.1 Å². The minimum atomic E-state index is -0.774. The lowest BCUT2D eigenvalue weighted by Crippen LogP contribution is -2.43. The highest BCUT2D eigenvalue weighted by atomic mass is 16.4. The van der Waals surface area contributed by atoms with Gasteiger partial charge in [-0.2, -0.15) is 5.26 Å². The molecule has 2 atom stereocenters. The summed E-state index contributed by atoms with van der Waals surface area (Å²) in [5, 5.41) is 18.6. The zero-order valence-corrected chi connectivity index (χ0v) is 12.1. The Hall–Kier alpha value is -2.09. The van der Waals surface area contributed by atoms with Crippen LogP contribution in [0.2, 0.25) is 0 Å². The molecule has 2 rings (SSSR count). The molecule has 20 heavy (non-hydrogen) atoms. The largest absolute Gasteiger partial charge is 0.481 e. The number of aliphatic carboxylic acids is 1. The molecule has 106 valence electrons. The van der Waals surface area contributed by atoms with Gasteiger partial charge in [0, 0.05) is 18.8 Å². The number of pyridine rings is 1. The van der Waals surface area contributed by atoms with Gasteiger partial charge in [-0.25, -0.2) is 4.98 Å². The fourth-order valence-corrected chi connectivity index (χ4v) is 2.89. The maximum Gasteiger partial charge on any atom is 0.308 e. The van der Waals surface area contributed by atoms with Gasteiger partial charge >= 0.3 is 5.97 Å². The molecule has 0 aromatic carbocycles. The highest BCUT2D eigenvalue weighted by molar-refractivity contribution is 5.71. The molecule has 1 aliphatic rings. The summed E-state index contributed by atoms with van der Waals surface area (Å²) in [6.07, 6.45) is 0.679. The fraction of sp³-hybridized carbons (Fsp3) is 0.533. The first-order chi connectivity index (χ1) is 9.42. The molecule has 0 radical (unpaired) electrons. The van der Waals surface area contributed by atoms with Gasteiger partial charge in [-0.15, -0.1) is 0 Å². The average molecular weight is 273 g/mol. The molecule has 2 unspecified atom stereocenters. The van der Waals surface area contributed by atoms with Gasteiger partial charge in [0.2, 0.25) is 0 Å². The number of carbonyl (C=O) groups is 1. The number of nitriles is 1. The molecule has 1 fully saturated rings. The second-order valence-electron chi connectivity index (χ2n) is 5.67. The Morgan fingerprint density at radius 3 is 2.80 bits per heavy atom. The molecule has 0 saturated carbocycles. The Kier molecular flexibility index (Phi) is 3.93. The standard InChI is InChI=1S/C15H19N3O2/c1-9-4-12(15(19)20)8-18(7-9)14-13(6-16)10(2)5-11(3)17-14/h5,9,12H,4,7-8H2,1-3H3,(H,19,20). The number of aryl methyl sites for hydroxylation is 2. The third kappa shape index (κ3) is 2.74. The van der Waals surface area contributed by atoms with E-state index in [4.69, 9.17) is 0 Å². The Morgan fingerprint density at radius 1 is 1.50 bits per heavy atom. The third-order valence-corrected chi connectivity index (χ3v) is 3.75. The van der Waals surface area contributed by atoms with Crippen molar-refractivity contribution in [3.63, 3.8) is 0 Å². The fourth-order valence-electron chi connectivity index (χ4n) is 2.89. The Labute approximate surface area is 118 Å². The summed E-state index contributed by atoms with van der Waals surface area (Å²) in [6, 6.07) is 4.07. The minimum Gasteiger partial charge on any atom is -0.481 e. The van der Waals surface area contributed by atoms with Crippen LogP contribution in [0.3, 0.4) is 0 Å². The molecule has 0 aliphatic carbocycles. The first kappa shape index (κ1) is 14.3. The number of aromatic nitrogens is 1. The van der Waals surface area contributed by atoms with Gasteiger partial charge in [-0.3, -0.25) is 4.79 Å². The normalized spacial score (nSPS) is 22.4. The number of hydrogen-bond acceptors (Lipinski definition) is 4. The molecule has 1 aliphatic heterocycles. The lowest BCUT2D eigenvalue weighted by atomic mass is 9.90. The second kappa shape index (κ2) is 5.49. The van der Waals surface area contributed by atoms with Gasteiger partial charge in [-0.05, 0) is 37.8 Å². The van der Waals surface area contributed by atoms with E-state index in [9.17, 15) is 15.2 Å². The molecular formula is C15H19N3O2. The van der Waals surface area contributed by atoms with Crippen molar-refractivity contribution in [3.8, 4) is 6.07 Å². The molecule has 0 bridgehead atoms. The first-order valence-electron chi connectivity index (χ1n) is 6.78. The van der Waals surface area contributed by atoms with Crippen LogP contribution >= 0.6 is 0 Å². The van der Waals surface area contributed by atoms with E-state index in [0.717, 1.165) is 17.8 Å². The maximum atomic E-state index is 11.3. The number of rotatable bonds is 2. The Balaban J connectivity index is 2.40. The van der Waals surface area contributed by atoms with Crippen LogP contribution in [-0.2, 0) is 4.79 Å². The molecule has 1 aromatic rings. The smallest absolute Gasteiger partial charge is 0.308 e. The highest BCUT2D eigenvalue weighted by Gasteiger charge is 2.31. The molecule has 0 spiro atoms. The van der Waals surface area contributed by atoms with Crippen LogP contribution in [0, 0.1) is 37.0 Å². The monoisotopic (exact) mass is 273 g/mol. The van der Waals surface area contributed by atoms with E-state index in [-0.39, 0.29) is 5.92 Å². The minimum absolute atomic E-state index is 0.277. The summed E-state index contributed by atoms with van der Waals surface area (Å²) in [7, 11) is 0. The van der Waals surface area contributed by atoms with Gasteiger partial charge in [0.15, 0.2) is 0 Å². The van der Waals surface area contributed by atoms with Crippen molar-refractivity contribution in [1.82, 2.24) is 4.98 Å². The van der Waals surface area contributed by atoms with Crippen LogP contribution in [0.25, 0.3) is 0 Å². The van der Waals surface area contributed by atoms with E-state index in [0.29, 0.717) is 24.3 Å². The van der Waals surface area contributed by atoms with Crippen molar-refractivity contribution in [1.29, 1.82) is 5.26 Å². The number of hydrogen-bond donors (Lipinski definition) is 1. The summed E-state index contributed by atoms with van der Waals surface area (Å²) in [5.41, 5.74) is 2.29. The van der Waals surface area contributed by atoms with Crippen molar-refractivity contribution in [2.75, 3.05) is 18.0 Å². The van der Waals surface area contributed by atoms with Gasteiger partial charge < -0.3 is 10.0 Å². The second-order valence-corrected chi connectivity index (χ2v) is 5.67. The molecular weight excluding hydrogens is 254 g/mol. The molecule has 2 heterocycles. The van der Waals surface area contributed by atoms with E-state index < -0.39 is 11.9 Å². The summed E-state index contributed by atoms with van der Waals surface area (Å²) < 4.78 is 0. The quantitative estimate of drug-likeness (QED) is 0.893. The van der Waals surface area contributed by atoms with Crippen LogP contribution in [0.5, 0.6) is 0 Å². The van der Waals surface area contributed by atoms with E-state index in [1.165, 1.54) is 0 Å². The predicted octanol–water partition coefficient (Wildman–Crippen LogP) is 2.12. The molecule has 1 N–H and O–H groups in total. The van der Waals surface area contributed by atoms with E-state index in [1.807, 2.05) is 31.7 Å². The zero-order valence-electron chi connectivity index (χ0n) is 12.1. The number of piperidine rings is 1. The highest BCUT2D eigenvalue weighted by Crippen LogP contribution is 2.29. The molecule has 0 amide bonds. The topological polar surface area (TPSA) is 77.2 Å². The Morgan fingerprint density at radius 2 is 2.20 bits per heavy atom. The van der Waals surface area contributed by atoms with Gasteiger partial charge in [-0.1, -0.05) is 6.92 Å². The van der Waals surface area contributed by atoms with Crippen LogP contribution in [0.1, 0.15) is 30.2 Å². The van der Waals surface area contributed by atoms with Crippen molar-refractivity contribution in [2.45, 2.75) is 27.2 Å². The predicted molar refractivity (Wildman–Crippen MR) is 75.5 cm³/mol. The molecule has 5 nitrogen and oxygen atoms in total. The number of carboxylic acids is 1. The number of nitrogens with zero attached hydrogens (tertiary/aromatic N) is 3. The van der Waals surface area contributed by atoms with E-state index in [1.54, 1.807) is 0 Å². The van der Waals surface area contributed by atoms with Gasteiger partial charge in [0.05, 0.1) is 11.5 Å². The average Bonchev–Trinajstić information content (AvgIpc) is 2.37. The summed E-state index contributed by atoms with van der Waals surface area (Å²) in [6.45, 7) is 6.98. The summed E-state index contributed by atoms with van der Waals surface area (Å²) >= 11 is 0. The van der Waals surface area contributed by atoms with Gasteiger partial charge in [0.1, 0.15) is 11.9 Å². The van der Waals surface area contributed by atoms with Crippen molar-refractivity contribution < 1.29 is 9.90 Å². The van der Waals surface area contributed by atoms with E-state index in [2.05, 4.69) is 11.1 Å². The van der Waals surface area contributed by atoms with Crippen molar-refractivity contribution >= 4 is 11.8 Å². The van der Waals surface area contributed by atoms with Gasteiger partial charge in [0.25, 0.3) is 0 Å². The summed E-state index contributed by atoms with van der Waals surface area (Å²) in [4.78, 5) is 17.7. The van der Waals surface area contributed by atoms with Crippen LogP contribution in [0.4, 0.5) is 5.82 Å². The lowest BCUT2D eigenvalue weighted by Gasteiger charge is -2.36. The van der Waals surface area contributed by atoms with Crippen LogP contribution < -0.4 is 4.90 Å². The third-order valence-electron chi connectivity index (χ3n) is 3.75.